The number of fused-ring (bicyclic) bond motifs is 1. The summed E-state index contributed by atoms with van der Waals surface area (Å²) in [4.78, 5) is 24.4. The van der Waals surface area contributed by atoms with E-state index in [1.54, 1.807) is 6.33 Å². The van der Waals surface area contributed by atoms with Gasteiger partial charge >= 0.3 is 0 Å². The maximum absolute atomic E-state index is 12.7. The van der Waals surface area contributed by atoms with Crippen molar-refractivity contribution >= 4 is 5.91 Å². The number of aromatic nitrogens is 2. The SMILES string of the molecule is CC1CN(C(=O)C2Cc3nc[nH]c3CN2)CC(C)N1C. The number of imidazole rings is 1. The molecular weight excluding hydrogens is 254 g/mol. The molecule has 2 N–H and O–H groups in total. The average Bonchev–Trinajstić information content (AvgIpc) is 2.90. The lowest BCUT2D eigenvalue weighted by Gasteiger charge is -2.43. The number of H-pyrrole nitrogens is 1. The summed E-state index contributed by atoms with van der Waals surface area (Å²) >= 11 is 0. The second-order valence-electron chi connectivity index (χ2n) is 6.07. The Labute approximate surface area is 119 Å². The fourth-order valence-corrected chi connectivity index (χ4v) is 3.15. The van der Waals surface area contributed by atoms with Crippen LogP contribution >= 0.6 is 0 Å². The van der Waals surface area contributed by atoms with Crippen LogP contribution in [0.1, 0.15) is 25.2 Å². The molecule has 6 heteroatoms. The van der Waals surface area contributed by atoms with Gasteiger partial charge in [0.05, 0.1) is 23.8 Å². The standard InChI is InChI=1S/C14H23N5O/c1-9-6-19(7-10(2)18(9)3)14(20)12-4-11-13(5-15-12)17-8-16-11/h8-10,12,15H,4-7H2,1-3H3,(H,16,17). The predicted octanol–water partition coefficient (Wildman–Crippen LogP) is -0.0250. The number of carbonyl (C=O) groups is 1. The molecule has 3 rings (SSSR count). The summed E-state index contributed by atoms with van der Waals surface area (Å²) in [6, 6.07) is 0.688. The highest BCUT2D eigenvalue weighted by Crippen LogP contribution is 2.18. The van der Waals surface area contributed by atoms with Crippen LogP contribution in [0.4, 0.5) is 0 Å². The number of rotatable bonds is 1. The third kappa shape index (κ3) is 2.33. The van der Waals surface area contributed by atoms with E-state index < -0.39 is 0 Å². The van der Waals surface area contributed by atoms with E-state index in [-0.39, 0.29) is 11.9 Å². The van der Waals surface area contributed by atoms with Crippen LogP contribution in [0.3, 0.4) is 0 Å². The molecule has 3 atom stereocenters. The highest BCUT2D eigenvalue weighted by atomic mass is 16.2. The van der Waals surface area contributed by atoms with Crippen LogP contribution in [0.2, 0.25) is 0 Å². The van der Waals surface area contributed by atoms with Gasteiger partial charge in [0.25, 0.3) is 0 Å². The summed E-state index contributed by atoms with van der Waals surface area (Å²) in [6.07, 6.45) is 2.39. The maximum atomic E-state index is 12.7. The second kappa shape index (κ2) is 5.18. The van der Waals surface area contributed by atoms with Crippen molar-refractivity contribution in [3.63, 3.8) is 0 Å². The first-order chi connectivity index (χ1) is 9.56. The van der Waals surface area contributed by atoms with Gasteiger partial charge in [0.15, 0.2) is 0 Å². The summed E-state index contributed by atoms with van der Waals surface area (Å²) in [7, 11) is 2.13. The van der Waals surface area contributed by atoms with Gasteiger partial charge in [-0.05, 0) is 20.9 Å². The van der Waals surface area contributed by atoms with Crippen molar-refractivity contribution in [2.24, 2.45) is 0 Å². The zero-order valence-electron chi connectivity index (χ0n) is 12.4. The van der Waals surface area contributed by atoms with Crippen LogP contribution in [-0.4, -0.2) is 63.9 Å². The average molecular weight is 277 g/mol. The molecule has 1 amide bonds. The summed E-state index contributed by atoms with van der Waals surface area (Å²) in [5.41, 5.74) is 2.13. The van der Waals surface area contributed by atoms with Gasteiger partial charge in [0, 0.05) is 38.1 Å². The number of aromatic amines is 1. The van der Waals surface area contributed by atoms with Crippen molar-refractivity contribution in [1.29, 1.82) is 0 Å². The molecule has 110 valence electrons. The fraction of sp³-hybridized carbons (Fsp3) is 0.714. The first-order valence-corrected chi connectivity index (χ1v) is 7.31. The lowest BCUT2D eigenvalue weighted by molar-refractivity contribution is -0.137. The molecule has 0 aromatic carbocycles. The summed E-state index contributed by atoms with van der Waals surface area (Å²) in [6.45, 7) is 6.67. The minimum Gasteiger partial charge on any atom is -0.347 e. The molecule has 0 saturated carbocycles. The van der Waals surface area contributed by atoms with Crippen LogP contribution in [0, 0.1) is 0 Å². The maximum Gasteiger partial charge on any atom is 0.240 e. The lowest BCUT2D eigenvalue weighted by atomic mass is 10.0. The van der Waals surface area contributed by atoms with E-state index in [2.05, 4.69) is 41.1 Å². The van der Waals surface area contributed by atoms with Gasteiger partial charge in [-0.1, -0.05) is 0 Å². The zero-order valence-corrected chi connectivity index (χ0v) is 12.4. The summed E-state index contributed by atoms with van der Waals surface area (Å²) in [5.74, 6) is 0.213. The highest BCUT2D eigenvalue weighted by molar-refractivity contribution is 5.82. The predicted molar refractivity (Wildman–Crippen MR) is 76.2 cm³/mol. The van der Waals surface area contributed by atoms with Crippen molar-refractivity contribution in [3.05, 3.63) is 17.7 Å². The van der Waals surface area contributed by atoms with Crippen molar-refractivity contribution in [2.75, 3.05) is 20.1 Å². The van der Waals surface area contributed by atoms with Gasteiger partial charge in [-0.25, -0.2) is 4.98 Å². The first kappa shape index (κ1) is 13.6. The van der Waals surface area contributed by atoms with E-state index in [0.717, 1.165) is 24.5 Å². The number of hydrogen-bond acceptors (Lipinski definition) is 4. The largest absolute Gasteiger partial charge is 0.347 e. The number of carbonyl (C=O) groups excluding carboxylic acids is 1. The van der Waals surface area contributed by atoms with E-state index in [1.165, 1.54) is 0 Å². The normalized spacial score (nSPS) is 31.1. The smallest absolute Gasteiger partial charge is 0.240 e. The van der Waals surface area contributed by atoms with Gasteiger partial charge in [-0.2, -0.15) is 0 Å². The molecule has 6 nitrogen and oxygen atoms in total. The molecule has 1 fully saturated rings. The van der Waals surface area contributed by atoms with Crippen molar-refractivity contribution in [3.8, 4) is 0 Å². The summed E-state index contributed by atoms with van der Waals surface area (Å²) < 4.78 is 0. The minimum atomic E-state index is -0.131. The third-order valence-corrected chi connectivity index (χ3v) is 4.70. The Morgan fingerprint density at radius 3 is 2.75 bits per heavy atom. The Bertz CT molecular complexity index is 488. The van der Waals surface area contributed by atoms with Gasteiger partial charge in [-0.3, -0.25) is 15.0 Å². The Balaban J connectivity index is 1.68. The Kier molecular flexibility index (Phi) is 3.52. The van der Waals surface area contributed by atoms with Crippen LogP contribution in [-0.2, 0) is 17.8 Å². The first-order valence-electron chi connectivity index (χ1n) is 7.31. The summed E-state index contributed by atoms with van der Waals surface area (Å²) in [5, 5.41) is 3.32. The molecule has 3 heterocycles. The Hall–Kier alpha value is -1.40. The van der Waals surface area contributed by atoms with Gasteiger partial charge in [0.1, 0.15) is 0 Å². The van der Waals surface area contributed by atoms with Crippen molar-refractivity contribution in [1.82, 2.24) is 25.1 Å². The second-order valence-corrected chi connectivity index (χ2v) is 6.07. The molecule has 0 bridgehead atoms. The number of hydrogen-bond donors (Lipinski definition) is 2. The van der Waals surface area contributed by atoms with Crippen LogP contribution < -0.4 is 5.32 Å². The van der Waals surface area contributed by atoms with Crippen molar-refractivity contribution in [2.45, 2.75) is 44.9 Å². The topological polar surface area (TPSA) is 64.3 Å². The molecule has 1 aromatic heterocycles. The molecule has 20 heavy (non-hydrogen) atoms. The third-order valence-electron chi connectivity index (χ3n) is 4.70. The molecule has 3 unspecified atom stereocenters. The zero-order chi connectivity index (χ0) is 14.3. The number of nitrogens with zero attached hydrogens (tertiary/aromatic N) is 3. The fourth-order valence-electron chi connectivity index (χ4n) is 3.15. The van der Waals surface area contributed by atoms with Gasteiger partial charge < -0.3 is 9.88 Å². The van der Waals surface area contributed by atoms with E-state index >= 15 is 0 Å². The monoisotopic (exact) mass is 277 g/mol. The molecule has 2 aliphatic rings. The number of amides is 1. The molecule has 1 saturated heterocycles. The molecular formula is C14H23N5O. The van der Waals surface area contributed by atoms with Crippen LogP contribution in [0.25, 0.3) is 0 Å². The quantitative estimate of drug-likeness (QED) is 0.757. The number of piperazine rings is 1. The van der Waals surface area contributed by atoms with E-state index in [1.807, 2.05) is 4.90 Å². The number of likely N-dealkylation sites (N-methyl/N-ethyl adjacent to an activating group) is 1. The van der Waals surface area contributed by atoms with Gasteiger partial charge in [0.2, 0.25) is 5.91 Å². The lowest BCUT2D eigenvalue weighted by Crippen LogP contribution is -2.60. The molecule has 0 spiro atoms. The molecule has 0 radical (unpaired) electrons. The molecule has 0 aliphatic carbocycles. The minimum absolute atomic E-state index is 0.131. The van der Waals surface area contributed by atoms with Crippen LogP contribution in [0.15, 0.2) is 6.33 Å². The van der Waals surface area contributed by atoms with Crippen molar-refractivity contribution < 1.29 is 4.79 Å². The Morgan fingerprint density at radius 2 is 2.05 bits per heavy atom. The number of nitrogens with one attached hydrogen (secondary N) is 2. The van der Waals surface area contributed by atoms with Gasteiger partial charge in [-0.15, -0.1) is 0 Å². The van der Waals surface area contributed by atoms with E-state index in [4.69, 9.17) is 0 Å². The van der Waals surface area contributed by atoms with E-state index in [9.17, 15) is 4.79 Å². The highest BCUT2D eigenvalue weighted by Gasteiger charge is 2.34. The molecule has 2 aliphatic heterocycles. The molecule has 1 aromatic rings. The van der Waals surface area contributed by atoms with Crippen LogP contribution in [0.5, 0.6) is 0 Å². The van der Waals surface area contributed by atoms with E-state index in [0.29, 0.717) is 25.0 Å². The Morgan fingerprint density at radius 1 is 1.35 bits per heavy atom.